The number of hydrogen-bond acceptors (Lipinski definition) is 3. The topological polar surface area (TPSA) is 61.0 Å². The Morgan fingerprint density at radius 1 is 1.41 bits per heavy atom. The molecular weight excluding hydrogens is 276 g/mol. The third-order valence-electron chi connectivity index (χ3n) is 3.99. The molecule has 22 heavy (non-hydrogen) atoms. The Kier molecular flexibility index (Phi) is 4.42. The predicted octanol–water partition coefficient (Wildman–Crippen LogP) is 2.69. The summed E-state index contributed by atoms with van der Waals surface area (Å²) < 4.78 is 0. The highest BCUT2D eigenvalue weighted by Gasteiger charge is 2.28. The lowest BCUT2D eigenvalue weighted by molar-refractivity contribution is 0.0786. The molecule has 0 unspecified atom stereocenters. The van der Waals surface area contributed by atoms with E-state index in [1.54, 1.807) is 0 Å². The SMILES string of the molecule is CCCc1cc(C(=O)N2CC[C@@H](Nc3ccccc3)C2)n[nH]1. The minimum atomic E-state index is 0.0240. The van der Waals surface area contributed by atoms with Gasteiger partial charge in [0.05, 0.1) is 0 Å². The average molecular weight is 298 g/mol. The van der Waals surface area contributed by atoms with Gasteiger partial charge in [-0.1, -0.05) is 31.5 Å². The molecule has 1 fully saturated rings. The van der Waals surface area contributed by atoms with Gasteiger partial charge in [0.1, 0.15) is 5.69 Å². The van der Waals surface area contributed by atoms with Gasteiger partial charge in [-0.05, 0) is 31.0 Å². The molecule has 0 aliphatic carbocycles. The molecule has 1 aliphatic heterocycles. The number of H-pyrrole nitrogens is 1. The predicted molar refractivity (Wildman–Crippen MR) is 87.0 cm³/mol. The molecule has 1 aromatic heterocycles. The van der Waals surface area contributed by atoms with Crippen molar-refractivity contribution in [1.29, 1.82) is 0 Å². The summed E-state index contributed by atoms with van der Waals surface area (Å²) in [6.07, 6.45) is 2.94. The molecule has 1 aliphatic rings. The quantitative estimate of drug-likeness (QED) is 0.892. The van der Waals surface area contributed by atoms with Crippen LogP contribution in [-0.2, 0) is 6.42 Å². The lowest BCUT2D eigenvalue weighted by atomic mass is 10.2. The number of para-hydroxylation sites is 1. The minimum absolute atomic E-state index is 0.0240. The van der Waals surface area contributed by atoms with Crippen LogP contribution >= 0.6 is 0 Å². The largest absolute Gasteiger partial charge is 0.380 e. The monoisotopic (exact) mass is 298 g/mol. The molecule has 5 nitrogen and oxygen atoms in total. The van der Waals surface area contributed by atoms with E-state index in [4.69, 9.17) is 0 Å². The third kappa shape index (κ3) is 3.30. The third-order valence-corrected chi connectivity index (χ3v) is 3.99. The molecule has 0 spiro atoms. The number of aryl methyl sites for hydroxylation is 1. The van der Waals surface area contributed by atoms with Crippen molar-refractivity contribution in [2.24, 2.45) is 0 Å². The van der Waals surface area contributed by atoms with Crippen molar-refractivity contribution in [1.82, 2.24) is 15.1 Å². The zero-order valence-electron chi connectivity index (χ0n) is 12.9. The van der Waals surface area contributed by atoms with Crippen molar-refractivity contribution in [3.63, 3.8) is 0 Å². The van der Waals surface area contributed by atoms with Gasteiger partial charge in [0.2, 0.25) is 0 Å². The summed E-state index contributed by atoms with van der Waals surface area (Å²) in [6.45, 7) is 3.62. The van der Waals surface area contributed by atoms with Crippen molar-refractivity contribution in [2.75, 3.05) is 18.4 Å². The van der Waals surface area contributed by atoms with Crippen LogP contribution in [0, 0.1) is 0 Å². The van der Waals surface area contributed by atoms with Crippen LogP contribution in [0.5, 0.6) is 0 Å². The Hall–Kier alpha value is -2.30. The molecule has 3 rings (SSSR count). The van der Waals surface area contributed by atoms with Gasteiger partial charge in [-0.15, -0.1) is 0 Å². The van der Waals surface area contributed by atoms with Crippen LogP contribution in [0.1, 0.15) is 35.9 Å². The summed E-state index contributed by atoms with van der Waals surface area (Å²) in [5.74, 6) is 0.0240. The van der Waals surface area contributed by atoms with Crippen molar-refractivity contribution in [2.45, 2.75) is 32.2 Å². The maximum absolute atomic E-state index is 12.5. The molecule has 0 saturated carbocycles. The molecular formula is C17H22N4O. The summed E-state index contributed by atoms with van der Waals surface area (Å²) in [5.41, 5.74) is 2.67. The first kappa shape index (κ1) is 14.6. The Balaban J connectivity index is 1.58. The van der Waals surface area contributed by atoms with Crippen LogP contribution < -0.4 is 5.32 Å². The van der Waals surface area contributed by atoms with Crippen LogP contribution in [0.2, 0.25) is 0 Å². The molecule has 5 heteroatoms. The molecule has 116 valence electrons. The summed E-state index contributed by atoms with van der Waals surface area (Å²) >= 11 is 0. The first-order valence-electron chi connectivity index (χ1n) is 7.91. The number of amides is 1. The highest BCUT2D eigenvalue weighted by atomic mass is 16.2. The second-order valence-electron chi connectivity index (χ2n) is 5.78. The Labute approximate surface area is 130 Å². The highest BCUT2D eigenvalue weighted by molar-refractivity contribution is 5.92. The van der Waals surface area contributed by atoms with E-state index < -0.39 is 0 Å². The maximum Gasteiger partial charge on any atom is 0.274 e. The second-order valence-corrected chi connectivity index (χ2v) is 5.78. The number of aromatic amines is 1. The average Bonchev–Trinajstić information content (AvgIpc) is 3.18. The Morgan fingerprint density at radius 2 is 2.23 bits per heavy atom. The number of likely N-dealkylation sites (tertiary alicyclic amines) is 1. The van der Waals surface area contributed by atoms with Gasteiger partial charge in [-0.2, -0.15) is 5.10 Å². The van der Waals surface area contributed by atoms with Crippen molar-refractivity contribution in [3.8, 4) is 0 Å². The number of hydrogen-bond donors (Lipinski definition) is 2. The van der Waals surface area contributed by atoms with Crippen LogP contribution in [0.3, 0.4) is 0 Å². The lowest BCUT2D eigenvalue weighted by Crippen LogP contribution is -2.31. The number of anilines is 1. The van der Waals surface area contributed by atoms with Gasteiger partial charge >= 0.3 is 0 Å². The van der Waals surface area contributed by atoms with E-state index in [0.29, 0.717) is 11.7 Å². The van der Waals surface area contributed by atoms with Gasteiger partial charge in [0, 0.05) is 30.5 Å². The van der Waals surface area contributed by atoms with E-state index in [1.165, 1.54) is 0 Å². The second kappa shape index (κ2) is 6.64. The van der Waals surface area contributed by atoms with Crippen LogP contribution in [0.25, 0.3) is 0 Å². The fourth-order valence-electron chi connectivity index (χ4n) is 2.86. The first-order chi connectivity index (χ1) is 10.8. The van der Waals surface area contributed by atoms with Gasteiger partial charge in [-0.3, -0.25) is 9.89 Å². The minimum Gasteiger partial charge on any atom is -0.380 e. The number of carbonyl (C=O) groups excluding carboxylic acids is 1. The summed E-state index contributed by atoms with van der Waals surface area (Å²) in [6, 6.07) is 12.3. The molecule has 2 N–H and O–H groups in total. The van der Waals surface area contributed by atoms with Gasteiger partial charge < -0.3 is 10.2 Å². The lowest BCUT2D eigenvalue weighted by Gasteiger charge is -2.16. The van der Waals surface area contributed by atoms with E-state index in [1.807, 2.05) is 29.2 Å². The highest BCUT2D eigenvalue weighted by Crippen LogP contribution is 2.17. The van der Waals surface area contributed by atoms with E-state index in [2.05, 4.69) is 34.6 Å². The van der Waals surface area contributed by atoms with Crippen LogP contribution in [-0.4, -0.2) is 40.1 Å². The van der Waals surface area contributed by atoms with E-state index in [9.17, 15) is 4.79 Å². The van der Waals surface area contributed by atoms with E-state index >= 15 is 0 Å². The van der Waals surface area contributed by atoms with Crippen LogP contribution in [0.15, 0.2) is 36.4 Å². The molecule has 2 aromatic rings. The fourth-order valence-corrected chi connectivity index (χ4v) is 2.86. The standard InChI is InChI=1S/C17H22N4O/c1-2-6-14-11-16(20-19-14)17(22)21-10-9-15(12-21)18-13-7-4-3-5-8-13/h3-5,7-8,11,15,18H,2,6,9-10,12H2,1H3,(H,19,20)/t15-/m1/s1. The smallest absolute Gasteiger partial charge is 0.274 e. The first-order valence-corrected chi connectivity index (χ1v) is 7.91. The zero-order chi connectivity index (χ0) is 15.4. The number of carbonyl (C=O) groups is 1. The Morgan fingerprint density at radius 3 is 3.00 bits per heavy atom. The van der Waals surface area contributed by atoms with Crippen molar-refractivity contribution >= 4 is 11.6 Å². The number of aromatic nitrogens is 2. The van der Waals surface area contributed by atoms with Crippen LogP contribution in [0.4, 0.5) is 5.69 Å². The summed E-state index contributed by atoms with van der Waals surface area (Å²) in [5, 5.41) is 10.6. The molecule has 1 aromatic carbocycles. The maximum atomic E-state index is 12.5. The molecule has 2 heterocycles. The molecule has 1 atom stereocenters. The fraction of sp³-hybridized carbons (Fsp3) is 0.412. The van der Waals surface area contributed by atoms with E-state index in [0.717, 1.165) is 43.7 Å². The summed E-state index contributed by atoms with van der Waals surface area (Å²) in [4.78, 5) is 14.4. The molecule has 0 radical (unpaired) electrons. The number of rotatable bonds is 5. The van der Waals surface area contributed by atoms with Gasteiger partial charge in [0.25, 0.3) is 5.91 Å². The normalized spacial score (nSPS) is 17.7. The summed E-state index contributed by atoms with van der Waals surface area (Å²) in [7, 11) is 0. The molecule has 1 amide bonds. The van der Waals surface area contributed by atoms with Crippen molar-refractivity contribution in [3.05, 3.63) is 47.8 Å². The van der Waals surface area contributed by atoms with E-state index in [-0.39, 0.29) is 5.91 Å². The zero-order valence-corrected chi connectivity index (χ0v) is 12.9. The Bertz CT molecular complexity index is 623. The number of benzene rings is 1. The number of nitrogens with zero attached hydrogens (tertiary/aromatic N) is 2. The van der Waals surface area contributed by atoms with Crippen molar-refractivity contribution < 1.29 is 4.79 Å². The van der Waals surface area contributed by atoms with Gasteiger partial charge in [0.15, 0.2) is 0 Å². The number of nitrogens with one attached hydrogen (secondary N) is 2. The molecule has 1 saturated heterocycles. The molecule has 0 bridgehead atoms. The van der Waals surface area contributed by atoms with Gasteiger partial charge in [-0.25, -0.2) is 0 Å².